The normalized spacial score (nSPS) is 21.6. The van der Waals surface area contributed by atoms with Crippen LogP contribution in [0.15, 0.2) is 35.5 Å². The van der Waals surface area contributed by atoms with Crippen molar-refractivity contribution in [1.82, 2.24) is 14.2 Å². The Morgan fingerprint density at radius 1 is 1.14 bits per heavy atom. The van der Waals surface area contributed by atoms with Gasteiger partial charge < -0.3 is 20.1 Å². The third kappa shape index (κ3) is 5.75. The fourth-order valence-corrected chi connectivity index (χ4v) is 7.38. The highest BCUT2D eigenvalue weighted by molar-refractivity contribution is 7.89. The Balaban J connectivity index is 0.00000320. The molecule has 37 heavy (non-hydrogen) atoms. The summed E-state index contributed by atoms with van der Waals surface area (Å²) in [5, 5.41) is 22.9. The second kappa shape index (κ2) is 11.4. The number of aryl methyl sites for hydroxylation is 1. The van der Waals surface area contributed by atoms with E-state index in [9.17, 15) is 18.3 Å². The molecule has 0 radical (unpaired) electrons. The van der Waals surface area contributed by atoms with E-state index in [1.165, 1.54) is 23.6 Å². The van der Waals surface area contributed by atoms with Gasteiger partial charge in [0.25, 0.3) is 5.91 Å². The number of amidine groups is 1. The van der Waals surface area contributed by atoms with Crippen molar-refractivity contribution in [3.8, 4) is 0 Å². The average Bonchev–Trinajstić information content (AvgIpc) is 3.44. The molecular formula is C26H38N4O5S2. The highest BCUT2D eigenvalue weighted by atomic mass is 32.2. The van der Waals surface area contributed by atoms with Crippen LogP contribution in [0.25, 0.3) is 10.9 Å². The molecule has 11 heteroatoms. The molecular weight excluding hydrogens is 512 g/mol. The van der Waals surface area contributed by atoms with Crippen LogP contribution >= 0.6 is 13.5 Å². The van der Waals surface area contributed by atoms with E-state index in [2.05, 4.69) is 5.32 Å². The number of nitrogens with one attached hydrogen (secondary N) is 1. The quantitative estimate of drug-likeness (QED) is 0.463. The molecule has 1 saturated carbocycles. The number of hydrogen-bond donors (Lipinski definition) is 3. The average molecular weight is 551 g/mol. The summed E-state index contributed by atoms with van der Waals surface area (Å²) >= 11 is 0. The van der Waals surface area contributed by atoms with Gasteiger partial charge in [-0.25, -0.2) is 12.7 Å². The molecule has 204 valence electrons. The van der Waals surface area contributed by atoms with Crippen molar-refractivity contribution in [2.45, 2.75) is 69.6 Å². The molecule has 1 atom stereocenters. The van der Waals surface area contributed by atoms with Gasteiger partial charge >= 0.3 is 0 Å². The Bertz CT molecular complexity index is 1240. The number of rotatable bonds is 8. The Morgan fingerprint density at radius 3 is 2.57 bits per heavy atom. The van der Waals surface area contributed by atoms with Crippen molar-refractivity contribution in [3.05, 3.63) is 36.0 Å². The molecule has 5 rings (SSSR count). The number of aliphatic imine (C=N–C) groups is 1. The van der Waals surface area contributed by atoms with Gasteiger partial charge in [0.1, 0.15) is 11.4 Å². The molecule has 3 aliphatic rings. The fraction of sp³-hybridized carbons (Fsp3) is 0.615. The summed E-state index contributed by atoms with van der Waals surface area (Å²) < 4.78 is 29.8. The molecule has 2 aromatic rings. The number of fused-ring (bicyclic) bond motifs is 1. The largest absolute Gasteiger partial charge is 0.394 e. The molecule has 2 fully saturated rings. The van der Waals surface area contributed by atoms with Crippen LogP contribution in [0.4, 0.5) is 0 Å². The molecule has 2 aliphatic heterocycles. The summed E-state index contributed by atoms with van der Waals surface area (Å²) in [6, 6.07) is 7.67. The minimum absolute atomic E-state index is 0. The standard InChI is InChI=1S/C26H36N4O5S.H2S/c31-18-21(32)17-29-13-9-22-19(7-4-8-23(22)29)10-16-36(34,35)30-14-11-26(12-15-30)25(33)27-24(28-26)20-5-2-1-3-6-20;/h4,7-9,13,20-21,31-32H,1-3,5-6,10-12,14-18H2,(H,27,28,33);1H2/t21-;/m0./s1. The van der Waals surface area contributed by atoms with Gasteiger partial charge in [-0.2, -0.15) is 13.5 Å². The maximum Gasteiger partial charge on any atom is 0.253 e. The summed E-state index contributed by atoms with van der Waals surface area (Å²) in [6.07, 6.45) is 7.91. The Morgan fingerprint density at radius 2 is 1.86 bits per heavy atom. The number of sulfonamides is 1. The molecule has 0 unspecified atom stereocenters. The lowest BCUT2D eigenvalue weighted by molar-refractivity contribution is -0.125. The first-order valence-corrected chi connectivity index (χ1v) is 14.7. The van der Waals surface area contributed by atoms with Crippen molar-refractivity contribution in [1.29, 1.82) is 0 Å². The van der Waals surface area contributed by atoms with Crippen LogP contribution in [0.2, 0.25) is 0 Å². The first-order valence-electron chi connectivity index (χ1n) is 13.1. The lowest BCUT2D eigenvalue weighted by Gasteiger charge is -2.34. The van der Waals surface area contributed by atoms with E-state index >= 15 is 0 Å². The number of amides is 1. The predicted molar refractivity (Wildman–Crippen MR) is 149 cm³/mol. The molecule has 0 bridgehead atoms. The first-order chi connectivity index (χ1) is 17.3. The maximum absolute atomic E-state index is 13.2. The molecule has 3 heterocycles. The topological polar surface area (TPSA) is 124 Å². The summed E-state index contributed by atoms with van der Waals surface area (Å²) in [5.41, 5.74) is 1.02. The lowest BCUT2D eigenvalue weighted by atomic mass is 9.88. The molecule has 9 nitrogen and oxygen atoms in total. The third-order valence-electron chi connectivity index (χ3n) is 8.09. The number of aliphatic hydroxyl groups is 2. The van der Waals surface area contributed by atoms with Gasteiger partial charge in [0.05, 0.1) is 25.0 Å². The molecule has 1 saturated heterocycles. The van der Waals surface area contributed by atoms with Crippen molar-refractivity contribution in [2.24, 2.45) is 10.9 Å². The van der Waals surface area contributed by atoms with E-state index in [0.29, 0.717) is 38.3 Å². The Kier molecular flexibility index (Phi) is 8.69. The van der Waals surface area contributed by atoms with E-state index in [0.717, 1.165) is 35.1 Å². The van der Waals surface area contributed by atoms with Gasteiger partial charge in [0.2, 0.25) is 10.0 Å². The van der Waals surface area contributed by atoms with E-state index in [1.54, 1.807) is 0 Å². The van der Waals surface area contributed by atoms with Crippen molar-refractivity contribution in [2.75, 3.05) is 25.4 Å². The SMILES string of the molecule is O=C1NC(C2CCCCC2)=NC12CCN(S(=O)(=O)CCc1cccc3c1ccn3C[C@H](O)CO)CC2.S. The number of aromatic nitrogens is 1. The molecule has 1 aromatic heterocycles. The van der Waals surface area contributed by atoms with Gasteiger partial charge in [-0.05, 0) is 49.8 Å². The van der Waals surface area contributed by atoms with E-state index in [-0.39, 0.29) is 38.3 Å². The number of carbonyl (C=O) groups excluding carboxylic acids is 1. The molecule has 1 spiro atoms. The second-order valence-corrected chi connectivity index (χ2v) is 12.5. The number of nitrogens with zero attached hydrogens (tertiary/aromatic N) is 3. The van der Waals surface area contributed by atoms with Gasteiger partial charge in [-0.15, -0.1) is 0 Å². The molecule has 1 amide bonds. The maximum atomic E-state index is 13.2. The second-order valence-electron chi connectivity index (χ2n) is 10.4. The molecule has 1 aromatic carbocycles. The zero-order valence-electron chi connectivity index (χ0n) is 21.1. The van der Waals surface area contributed by atoms with Crippen LogP contribution in [0.3, 0.4) is 0 Å². The van der Waals surface area contributed by atoms with E-state index in [4.69, 9.17) is 10.1 Å². The van der Waals surface area contributed by atoms with Crippen molar-refractivity contribution >= 4 is 46.2 Å². The summed E-state index contributed by atoms with van der Waals surface area (Å²) in [7, 11) is -3.49. The van der Waals surface area contributed by atoms with Crippen LogP contribution in [-0.2, 0) is 27.8 Å². The van der Waals surface area contributed by atoms with Gasteiger partial charge in [-0.3, -0.25) is 9.79 Å². The Hall–Kier alpha value is -1.92. The van der Waals surface area contributed by atoms with Crippen molar-refractivity contribution < 1.29 is 23.4 Å². The van der Waals surface area contributed by atoms with Gasteiger partial charge in [0, 0.05) is 36.1 Å². The predicted octanol–water partition coefficient (Wildman–Crippen LogP) is 1.92. The van der Waals surface area contributed by atoms with E-state index < -0.39 is 21.7 Å². The monoisotopic (exact) mass is 550 g/mol. The van der Waals surface area contributed by atoms with Crippen LogP contribution in [0.1, 0.15) is 50.5 Å². The number of piperidine rings is 1. The minimum Gasteiger partial charge on any atom is -0.394 e. The number of hydrogen-bond acceptors (Lipinski definition) is 6. The van der Waals surface area contributed by atoms with E-state index in [1.807, 2.05) is 35.0 Å². The molecule has 3 N–H and O–H groups in total. The Labute approximate surface area is 225 Å². The lowest BCUT2D eigenvalue weighted by Crippen LogP contribution is -2.51. The number of aliphatic hydroxyl groups excluding tert-OH is 2. The first kappa shape index (κ1) is 28.1. The number of benzene rings is 1. The minimum atomic E-state index is -3.49. The zero-order chi connectivity index (χ0) is 25.3. The van der Waals surface area contributed by atoms with Crippen LogP contribution in [0, 0.1) is 5.92 Å². The van der Waals surface area contributed by atoms with Gasteiger partial charge in [0.15, 0.2) is 0 Å². The number of carbonyl (C=O) groups is 1. The highest BCUT2D eigenvalue weighted by Gasteiger charge is 2.48. The molecule has 1 aliphatic carbocycles. The third-order valence-corrected chi connectivity index (χ3v) is 9.96. The summed E-state index contributed by atoms with van der Waals surface area (Å²) in [6.45, 7) is 0.563. The zero-order valence-corrected chi connectivity index (χ0v) is 22.9. The van der Waals surface area contributed by atoms with Crippen LogP contribution in [0.5, 0.6) is 0 Å². The summed E-state index contributed by atoms with van der Waals surface area (Å²) in [4.78, 5) is 17.7. The fourth-order valence-electron chi connectivity index (χ4n) is 5.90. The smallest absolute Gasteiger partial charge is 0.253 e. The highest BCUT2D eigenvalue weighted by Crippen LogP contribution is 2.35. The van der Waals surface area contributed by atoms with Crippen LogP contribution in [-0.4, -0.2) is 76.3 Å². The van der Waals surface area contributed by atoms with Crippen molar-refractivity contribution in [3.63, 3.8) is 0 Å². The van der Waals surface area contributed by atoms with Gasteiger partial charge in [-0.1, -0.05) is 31.4 Å². The van der Waals surface area contributed by atoms with Crippen LogP contribution < -0.4 is 5.32 Å². The summed E-state index contributed by atoms with van der Waals surface area (Å²) in [5.74, 6) is 1.07.